The number of rotatable bonds is 4. The fourth-order valence-corrected chi connectivity index (χ4v) is 3.58. The second kappa shape index (κ2) is 5.45. The van der Waals surface area contributed by atoms with Crippen molar-refractivity contribution in [1.82, 2.24) is 9.78 Å². The summed E-state index contributed by atoms with van der Waals surface area (Å²) in [6, 6.07) is 10.9. The third-order valence-electron chi connectivity index (χ3n) is 6.23. The highest BCUT2D eigenvalue weighted by Crippen LogP contribution is 2.55. The molecule has 1 saturated heterocycles. The van der Waals surface area contributed by atoms with Crippen LogP contribution in [0.3, 0.4) is 0 Å². The molecule has 2 aliphatic rings. The van der Waals surface area contributed by atoms with E-state index in [1.807, 2.05) is 6.20 Å². The third kappa shape index (κ3) is 2.83. The van der Waals surface area contributed by atoms with Crippen molar-refractivity contribution in [3.63, 3.8) is 0 Å². The average molecular weight is 338 g/mol. The molecule has 1 aromatic carbocycles. The van der Waals surface area contributed by atoms with Crippen LogP contribution < -0.4 is 5.46 Å². The molecule has 4 nitrogen and oxygen atoms in total. The van der Waals surface area contributed by atoms with Crippen molar-refractivity contribution in [2.75, 3.05) is 0 Å². The van der Waals surface area contributed by atoms with Gasteiger partial charge in [-0.25, -0.2) is 0 Å². The van der Waals surface area contributed by atoms with Gasteiger partial charge >= 0.3 is 7.12 Å². The van der Waals surface area contributed by atoms with Gasteiger partial charge in [-0.2, -0.15) is 5.10 Å². The van der Waals surface area contributed by atoms with Crippen molar-refractivity contribution in [3.8, 4) is 0 Å². The van der Waals surface area contributed by atoms with Crippen LogP contribution in [0.1, 0.15) is 59.1 Å². The highest BCUT2D eigenvalue weighted by Gasteiger charge is 2.52. The van der Waals surface area contributed by atoms with E-state index in [1.54, 1.807) is 0 Å². The van der Waals surface area contributed by atoms with Crippen LogP contribution in [-0.4, -0.2) is 28.1 Å². The van der Waals surface area contributed by atoms with Crippen LogP contribution >= 0.6 is 0 Å². The summed E-state index contributed by atoms with van der Waals surface area (Å²) >= 11 is 0. The van der Waals surface area contributed by atoms with Gasteiger partial charge in [0.15, 0.2) is 0 Å². The molecule has 2 fully saturated rings. The Kier molecular flexibility index (Phi) is 3.68. The number of benzene rings is 1. The zero-order valence-electron chi connectivity index (χ0n) is 15.8. The van der Waals surface area contributed by atoms with Crippen LogP contribution in [0.2, 0.25) is 0 Å². The number of aromatic nitrogens is 2. The van der Waals surface area contributed by atoms with Crippen LogP contribution in [0.25, 0.3) is 0 Å². The quantitative estimate of drug-likeness (QED) is 0.800. The molecule has 1 saturated carbocycles. The van der Waals surface area contributed by atoms with Gasteiger partial charge in [0.1, 0.15) is 0 Å². The lowest BCUT2D eigenvalue weighted by atomic mass is 9.81. The Labute approximate surface area is 150 Å². The molecule has 0 bridgehead atoms. The van der Waals surface area contributed by atoms with E-state index in [4.69, 9.17) is 14.4 Å². The van der Waals surface area contributed by atoms with Gasteiger partial charge in [0.25, 0.3) is 0 Å². The highest BCUT2D eigenvalue weighted by atomic mass is 16.7. The summed E-state index contributed by atoms with van der Waals surface area (Å²) in [5, 5.41) is 4.70. The van der Waals surface area contributed by atoms with Crippen molar-refractivity contribution in [2.24, 2.45) is 5.41 Å². The van der Waals surface area contributed by atoms with E-state index in [0.717, 1.165) is 5.46 Å². The molecule has 1 atom stereocenters. The number of hydrogen-bond acceptors (Lipinski definition) is 3. The van der Waals surface area contributed by atoms with E-state index in [9.17, 15) is 0 Å². The molecule has 0 radical (unpaired) electrons. The lowest BCUT2D eigenvalue weighted by Gasteiger charge is -2.32. The summed E-state index contributed by atoms with van der Waals surface area (Å²) < 4.78 is 14.4. The van der Waals surface area contributed by atoms with E-state index in [2.05, 4.69) is 75.8 Å². The van der Waals surface area contributed by atoms with Crippen LogP contribution in [0.4, 0.5) is 0 Å². The van der Waals surface area contributed by atoms with Gasteiger partial charge in [0.2, 0.25) is 0 Å². The smallest absolute Gasteiger partial charge is 0.399 e. The van der Waals surface area contributed by atoms with E-state index in [0.29, 0.717) is 0 Å². The molecular weight excluding hydrogens is 311 g/mol. The molecule has 5 heteroatoms. The summed E-state index contributed by atoms with van der Waals surface area (Å²) in [5.41, 5.74) is 1.91. The molecule has 2 heterocycles. The first-order valence-electron chi connectivity index (χ1n) is 9.17. The van der Waals surface area contributed by atoms with Gasteiger partial charge in [-0.05, 0) is 51.5 Å². The summed E-state index contributed by atoms with van der Waals surface area (Å²) in [7, 11) is -0.359. The predicted octanol–water partition coefficient (Wildman–Crippen LogP) is 3.57. The summed E-state index contributed by atoms with van der Waals surface area (Å²) in [6.45, 7) is 10.7. The normalized spacial score (nSPS) is 24.3. The minimum Gasteiger partial charge on any atom is -0.399 e. The third-order valence-corrected chi connectivity index (χ3v) is 6.23. The fourth-order valence-electron chi connectivity index (χ4n) is 3.58. The van der Waals surface area contributed by atoms with Crippen molar-refractivity contribution in [1.29, 1.82) is 0 Å². The van der Waals surface area contributed by atoms with Gasteiger partial charge in [-0.1, -0.05) is 37.3 Å². The lowest BCUT2D eigenvalue weighted by molar-refractivity contribution is 0.00578. The Hall–Kier alpha value is -1.59. The zero-order chi connectivity index (χ0) is 17.9. The molecule has 1 unspecified atom stereocenters. The topological polar surface area (TPSA) is 36.3 Å². The Morgan fingerprint density at radius 1 is 1.00 bits per heavy atom. The van der Waals surface area contributed by atoms with E-state index in [-0.39, 0.29) is 29.8 Å². The van der Waals surface area contributed by atoms with E-state index < -0.39 is 0 Å². The van der Waals surface area contributed by atoms with Crippen LogP contribution in [-0.2, 0) is 9.31 Å². The van der Waals surface area contributed by atoms with Gasteiger partial charge < -0.3 is 9.31 Å². The monoisotopic (exact) mass is 338 g/mol. The van der Waals surface area contributed by atoms with Gasteiger partial charge in [-0.15, -0.1) is 0 Å². The van der Waals surface area contributed by atoms with Crippen molar-refractivity contribution >= 4 is 12.6 Å². The van der Waals surface area contributed by atoms with Crippen molar-refractivity contribution in [2.45, 2.75) is 64.7 Å². The molecule has 1 aliphatic carbocycles. The first kappa shape index (κ1) is 16.9. The zero-order valence-corrected chi connectivity index (χ0v) is 15.8. The average Bonchev–Trinajstić information content (AvgIpc) is 3.02. The number of hydrogen-bond donors (Lipinski definition) is 0. The molecular formula is C20H27BN2O2. The Morgan fingerprint density at radius 2 is 1.60 bits per heavy atom. The molecule has 4 rings (SSSR count). The minimum atomic E-state index is -0.359. The maximum Gasteiger partial charge on any atom is 0.498 e. The predicted molar refractivity (Wildman–Crippen MR) is 99.9 cm³/mol. The fraction of sp³-hybridized carbons (Fsp3) is 0.550. The van der Waals surface area contributed by atoms with E-state index >= 15 is 0 Å². The second-order valence-electron chi connectivity index (χ2n) is 8.81. The van der Waals surface area contributed by atoms with E-state index in [1.165, 1.54) is 18.4 Å². The maximum absolute atomic E-state index is 6.17. The lowest BCUT2D eigenvalue weighted by Crippen LogP contribution is -2.41. The number of nitrogens with zero attached hydrogens (tertiary/aromatic N) is 2. The van der Waals surface area contributed by atoms with Crippen LogP contribution in [0, 0.1) is 5.41 Å². The summed E-state index contributed by atoms with van der Waals surface area (Å²) in [6.07, 6.45) is 6.46. The molecule has 1 aromatic heterocycles. The van der Waals surface area contributed by atoms with Crippen LogP contribution in [0.15, 0.2) is 42.7 Å². The molecule has 25 heavy (non-hydrogen) atoms. The largest absolute Gasteiger partial charge is 0.498 e. The second-order valence-corrected chi connectivity index (χ2v) is 8.81. The summed E-state index contributed by atoms with van der Waals surface area (Å²) in [4.78, 5) is 0. The molecule has 1 aliphatic heterocycles. The highest BCUT2D eigenvalue weighted by molar-refractivity contribution is 6.62. The maximum atomic E-state index is 6.17. The molecule has 132 valence electrons. The van der Waals surface area contributed by atoms with Gasteiger partial charge in [-0.3, -0.25) is 4.68 Å². The summed E-state index contributed by atoms with van der Waals surface area (Å²) in [5.74, 6) is 0. The van der Waals surface area contributed by atoms with Crippen molar-refractivity contribution in [3.05, 3.63) is 48.3 Å². The Balaban J connectivity index is 1.64. The minimum absolute atomic E-state index is 0.255. The van der Waals surface area contributed by atoms with Gasteiger partial charge in [0, 0.05) is 17.9 Å². The molecule has 0 N–H and O–H groups in total. The SMILES string of the molecule is CC1(C(c2ccccc2)n2cc(B3OC(C)(C)C(C)(C)O3)cn2)CC1. The molecule has 0 amide bonds. The van der Waals surface area contributed by atoms with Crippen LogP contribution in [0.5, 0.6) is 0 Å². The van der Waals surface area contributed by atoms with Gasteiger partial charge in [0.05, 0.1) is 17.2 Å². The molecule has 0 spiro atoms. The first-order valence-corrected chi connectivity index (χ1v) is 9.17. The Bertz CT molecular complexity index is 749. The molecule has 2 aromatic rings. The Morgan fingerprint density at radius 3 is 2.16 bits per heavy atom. The standard InChI is InChI=1S/C20H27BN2O2/c1-18(2)19(3,4)25-21(24-18)16-13-22-23(14-16)17(20(5)11-12-20)15-9-7-6-8-10-15/h6-10,13-14,17H,11-12H2,1-5H3. The first-order chi connectivity index (χ1) is 11.7. The van der Waals surface area contributed by atoms with Crippen molar-refractivity contribution < 1.29 is 9.31 Å².